The zero-order valence-corrected chi connectivity index (χ0v) is 18.4. The Kier molecular flexibility index (Phi) is 5.21. The van der Waals surface area contributed by atoms with E-state index in [1.165, 1.54) is 50.3 Å². The van der Waals surface area contributed by atoms with E-state index >= 15 is 0 Å². The van der Waals surface area contributed by atoms with E-state index < -0.39 is 0 Å². The lowest BCUT2D eigenvalue weighted by Gasteiger charge is -2.59. The molecule has 4 fully saturated rings. The maximum atomic E-state index is 12.7. The summed E-state index contributed by atoms with van der Waals surface area (Å²) >= 11 is 1.37. The maximum Gasteiger partial charge on any atom is 0.230 e. The second-order valence-corrected chi connectivity index (χ2v) is 10.4. The van der Waals surface area contributed by atoms with Gasteiger partial charge in [0, 0.05) is 6.04 Å². The molecule has 1 atom stereocenters. The van der Waals surface area contributed by atoms with Gasteiger partial charge < -0.3 is 10.1 Å². The molecular formula is C22H29N5O2S. The average molecular weight is 428 g/mol. The quantitative estimate of drug-likeness (QED) is 0.681. The van der Waals surface area contributed by atoms with Crippen molar-refractivity contribution in [2.45, 2.75) is 56.6 Å². The summed E-state index contributed by atoms with van der Waals surface area (Å²) in [6.45, 7) is 2.22. The molecule has 1 heterocycles. The number of rotatable bonds is 7. The first-order chi connectivity index (χ1) is 14.5. The fourth-order valence-electron chi connectivity index (χ4n) is 6.43. The SMILES string of the molecule is COc1ccc(-n2nnnc2SCC(=O)NC(C)C23CC4CC(CC(C4)C2)C3)cc1. The molecule has 4 saturated carbocycles. The van der Waals surface area contributed by atoms with Gasteiger partial charge in [-0.2, -0.15) is 4.68 Å². The van der Waals surface area contributed by atoms with Crippen LogP contribution in [0, 0.1) is 23.2 Å². The number of hydrogen-bond acceptors (Lipinski definition) is 6. The predicted molar refractivity (Wildman–Crippen MR) is 115 cm³/mol. The standard InChI is InChI=1S/C22H29N5O2S/c1-14(22-10-15-7-16(11-22)9-17(8-15)12-22)23-20(28)13-30-21-24-25-26-27(21)18-3-5-19(29-2)6-4-18/h3-6,14-17H,7-13H2,1-2H3,(H,23,28). The first kappa shape index (κ1) is 19.8. The number of hydrogen-bond donors (Lipinski definition) is 1. The Bertz CT molecular complexity index is 877. The molecule has 30 heavy (non-hydrogen) atoms. The normalized spacial score (nSPS) is 30.3. The summed E-state index contributed by atoms with van der Waals surface area (Å²) in [5, 5.41) is 15.9. The molecule has 1 unspecified atom stereocenters. The summed E-state index contributed by atoms with van der Waals surface area (Å²) in [7, 11) is 1.64. The van der Waals surface area contributed by atoms with Gasteiger partial charge in [0.15, 0.2) is 0 Å². The highest BCUT2D eigenvalue weighted by atomic mass is 32.2. The molecule has 1 amide bonds. The molecule has 4 aliphatic rings. The van der Waals surface area contributed by atoms with Crippen molar-refractivity contribution in [2.24, 2.45) is 23.2 Å². The van der Waals surface area contributed by atoms with E-state index in [2.05, 4.69) is 27.8 Å². The van der Waals surface area contributed by atoms with Gasteiger partial charge in [0.05, 0.1) is 18.6 Å². The largest absolute Gasteiger partial charge is 0.497 e. The van der Waals surface area contributed by atoms with Crippen LogP contribution in [-0.4, -0.2) is 45.0 Å². The number of amides is 1. The Labute approximate surface area is 181 Å². The van der Waals surface area contributed by atoms with Crippen molar-refractivity contribution < 1.29 is 9.53 Å². The second-order valence-electron chi connectivity index (χ2n) is 9.43. The van der Waals surface area contributed by atoms with Crippen LogP contribution < -0.4 is 10.1 Å². The lowest BCUT2D eigenvalue weighted by molar-refractivity contribution is -0.123. The topological polar surface area (TPSA) is 81.9 Å². The molecule has 2 aromatic rings. The fraction of sp³-hybridized carbons (Fsp3) is 0.636. The highest BCUT2D eigenvalue weighted by Gasteiger charge is 2.53. The molecule has 6 rings (SSSR count). The molecule has 0 saturated heterocycles. The summed E-state index contributed by atoms with van der Waals surface area (Å²) in [6.07, 6.45) is 8.15. The molecule has 0 aliphatic heterocycles. The third-order valence-electron chi connectivity index (χ3n) is 7.47. The Hall–Kier alpha value is -2.09. The minimum Gasteiger partial charge on any atom is -0.497 e. The van der Waals surface area contributed by atoms with E-state index in [0.717, 1.165) is 29.2 Å². The molecule has 1 aromatic heterocycles. The molecule has 0 radical (unpaired) electrons. The molecule has 1 aromatic carbocycles. The van der Waals surface area contributed by atoms with E-state index in [0.29, 0.717) is 16.3 Å². The van der Waals surface area contributed by atoms with Crippen LogP contribution in [-0.2, 0) is 4.79 Å². The van der Waals surface area contributed by atoms with Crippen molar-refractivity contribution in [3.63, 3.8) is 0 Å². The predicted octanol–water partition coefficient (Wildman–Crippen LogP) is 3.48. The smallest absolute Gasteiger partial charge is 0.230 e. The minimum atomic E-state index is 0.0625. The summed E-state index contributed by atoms with van der Waals surface area (Å²) in [6, 6.07) is 7.76. The number of nitrogens with zero attached hydrogens (tertiary/aromatic N) is 4. The number of nitrogens with one attached hydrogen (secondary N) is 1. The van der Waals surface area contributed by atoms with Gasteiger partial charge in [-0.15, -0.1) is 5.10 Å². The van der Waals surface area contributed by atoms with Crippen molar-refractivity contribution in [3.05, 3.63) is 24.3 Å². The van der Waals surface area contributed by atoms with Crippen LogP contribution >= 0.6 is 11.8 Å². The van der Waals surface area contributed by atoms with E-state index in [4.69, 9.17) is 4.74 Å². The average Bonchev–Trinajstić information content (AvgIpc) is 3.20. The number of thioether (sulfide) groups is 1. The van der Waals surface area contributed by atoms with Crippen LogP contribution in [0.4, 0.5) is 0 Å². The molecule has 7 nitrogen and oxygen atoms in total. The fourth-order valence-corrected chi connectivity index (χ4v) is 7.13. The molecule has 4 aliphatic carbocycles. The van der Waals surface area contributed by atoms with Crippen LogP contribution in [0.2, 0.25) is 0 Å². The third-order valence-corrected chi connectivity index (χ3v) is 8.39. The van der Waals surface area contributed by atoms with Gasteiger partial charge >= 0.3 is 0 Å². The maximum absolute atomic E-state index is 12.7. The van der Waals surface area contributed by atoms with E-state index in [1.54, 1.807) is 11.8 Å². The second kappa shape index (κ2) is 7.87. The highest BCUT2D eigenvalue weighted by molar-refractivity contribution is 7.99. The summed E-state index contributed by atoms with van der Waals surface area (Å²) in [5.41, 5.74) is 1.16. The monoisotopic (exact) mass is 427 g/mol. The van der Waals surface area contributed by atoms with Crippen LogP contribution in [0.1, 0.15) is 45.4 Å². The van der Waals surface area contributed by atoms with Gasteiger partial charge in [0.2, 0.25) is 11.1 Å². The number of tetrazole rings is 1. The van der Waals surface area contributed by atoms with Gasteiger partial charge in [0.1, 0.15) is 5.75 Å². The van der Waals surface area contributed by atoms with E-state index in [9.17, 15) is 4.79 Å². The summed E-state index contributed by atoms with van der Waals surface area (Å²) < 4.78 is 6.85. The summed E-state index contributed by atoms with van der Waals surface area (Å²) in [4.78, 5) is 12.7. The molecule has 0 spiro atoms. The van der Waals surface area contributed by atoms with Crippen LogP contribution in [0.25, 0.3) is 5.69 Å². The Morgan fingerprint density at radius 1 is 1.20 bits per heavy atom. The molecule has 8 heteroatoms. The van der Waals surface area contributed by atoms with Gasteiger partial charge in [-0.1, -0.05) is 11.8 Å². The first-order valence-electron chi connectivity index (χ1n) is 10.9. The Morgan fingerprint density at radius 3 is 2.43 bits per heavy atom. The van der Waals surface area contributed by atoms with E-state index in [1.807, 2.05) is 24.3 Å². The third kappa shape index (κ3) is 3.70. The van der Waals surface area contributed by atoms with Crippen LogP contribution in [0.5, 0.6) is 5.75 Å². The number of methoxy groups -OCH3 is 1. The zero-order chi connectivity index (χ0) is 20.7. The van der Waals surface area contributed by atoms with Crippen LogP contribution in [0.3, 0.4) is 0 Å². The first-order valence-corrected chi connectivity index (χ1v) is 11.9. The van der Waals surface area contributed by atoms with Gasteiger partial charge in [-0.3, -0.25) is 4.79 Å². The number of carbonyl (C=O) groups is 1. The van der Waals surface area contributed by atoms with E-state index in [-0.39, 0.29) is 11.9 Å². The molecular weight excluding hydrogens is 398 g/mol. The van der Waals surface area contributed by atoms with Crippen molar-refractivity contribution >= 4 is 17.7 Å². The van der Waals surface area contributed by atoms with Crippen molar-refractivity contribution in [2.75, 3.05) is 12.9 Å². The number of benzene rings is 1. The molecule has 160 valence electrons. The molecule has 4 bridgehead atoms. The van der Waals surface area contributed by atoms with Gasteiger partial charge in [-0.25, -0.2) is 0 Å². The molecule has 1 N–H and O–H groups in total. The lowest BCUT2D eigenvalue weighted by atomic mass is 9.48. The van der Waals surface area contributed by atoms with Crippen molar-refractivity contribution in [3.8, 4) is 11.4 Å². The summed E-state index contributed by atoms with van der Waals surface area (Å²) in [5.74, 6) is 3.82. The Morgan fingerprint density at radius 2 is 1.83 bits per heavy atom. The van der Waals surface area contributed by atoms with Crippen molar-refractivity contribution in [1.82, 2.24) is 25.5 Å². The van der Waals surface area contributed by atoms with Gasteiger partial charge in [-0.05, 0) is 103 Å². The van der Waals surface area contributed by atoms with Crippen molar-refractivity contribution in [1.29, 1.82) is 0 Å². The number of carbonyl (C=O) groups excluding carboxylic acids is 1. The Balaban J connectivity index is 1.20. The minimum absolute atomic E-state index is 0.0625. The van der Waals surface area contributed by atoms with Crippen LogP contribution in [0.15, 0.2) is 29.4 Å². The van der Waals surface area contributed by atoms with Gasteiger partial charge in [0.25, 0.3) is 0 Å². The number of aromatic nitrogens is 4. The highest BCUT2D eigenvalue weighted by Crippen LogP contribution is 2.61. The lowest BCUT2D eigenvalue weighted by Crippen LogP contribution is -2.56. The zero-order valence-electron chi connectivity index (χ0n) is 17.6. The number of ether oxygens (including phenoxy) is 1.